The summed E-state index contributed by atoms with van der Waals surface area (Å²) in [6.07, 6.45) is 0. The number of anilines is 1. The van der Waals surface area contributed by atoms with Crippen molar-refractivity contribution in [1.29, 1.82) is 0 Å². The topological polar surface area (TPSA) is 111 Å². The Morgan fingerprint density at radius 2 is 1.92 bits per heavy atom. The van der Waals surface area contributed by atoms with Gasteiger partial charge in [-0.2, -0.15) is 0 Å². The minimum Gasteiger partial charge on any atom is -0.495 e. The van der Waals surface area contributed by atoms with Crippen LogP contribution in [0.3, 0.4) is 0 Å². The van der Waals surface area contributed by atoms with Crippen molar-refractivity contribution in [2.75, 3.05) is 12.4 Å². The van der Waals surface area contributed by atoms with Crippen LogP contribution in [0, 0.1) is 6.92 Å². The van der Waals surface area contributed by atoms with Crippen LogP contribution in [-0.4, -0.2) is 32.1 Å². The average Bonchev–Trinajstić information content (AvgIpc) is 2.84. The number of carbonyl (C=O) groups excluding carboxylic acids is 1. The molecule has 2 aromatic rings. The van der Waals surface area contributed by atoms with Crippen LogP contribution in [-0.2, 0) is 14.8 Å². The zero-order valence-electron chi connectivity index (χ0n) is 15.6. The van der Waals surface area contributed by atoms with E-state index < -0.39 is 15.6 Å². The van der Waals surface area contributed by atoms with Crippen LogP contribution in [0.1, 0.15) is 33.4 Å². The number of hydrogen-bond donors (Lipinski definition) is 2. The van der Waals surface area contributed by atoms with E-state index in [4.69, 9.17) is 9.26 Å². The van der Waals surface area contributed by atoms with Crippen molar-refractivity contribution >= 4 is 21.8 Å². The van der Waals surface area contributed by atoms with E-state index in [0.717, 1.165) is 0 Å². The van der Waals surface area contributed by atoms with Gasteiger partial charge in [0.2, 0.25) is 21.8 Å². The van der Waals surface area contributed by atoms with Crippen molar-refractivity contribution in [3.05, 3.63) is 23.9 Å². The molecule has 0 spiro atoms. The van der Waals surface area contributed by atoms with Crippen LogP contribution < -0.4 is 14.8 Å². The second-order valence-electron chi connectivity index (χ2n) is 6.87. The van der Waals surface area contributed by atoms with Crippen LogP contribution in [0.5, 0.6) is 5.75 Å². The van der Waals surface area contributed by atoms with Gasteiger partial charge in [0.25, 0.3) is 0 Å². The summed E-state index contributed by atoms with van der Waals surface area (Å²) in [7, 11) is -2.44. The number of benzene rings is 1. The second kappa shape index (κ2) is 7.08. The number of aryl methyl sites for hydroxylation is 1. The lowest BCUT2D eigenvalue weighted by molar-refractivity contribution is -0.114. The zero-order valence-corrected chi connectivity index (χ0v) is 16.4. The number of aromatic nitrogens is 1. The van der Waals surface area contributed by atoms with Crippen LogP contribution in [0.4, 0.5) is 5.88 Å². The number of ether oxygens (including phenoxy) is 1. The number of amides is 1. The first-order valence-corrected chi connectivity index (χ1v) is 9.39. The fourth-order valence-corrected chi connectivity index (χ4v) is 4.07. The maximum absolute atomic E-state index is 12.8. The number of nitrogens with zero attached hydrogens (tertiary/aromatic N) is 1. The van der Waals surface area contributed by atoms with Gasteiger partial charge in [0.1, 0.15) is 10.6 Å². The van der Waals surface area contributed by atoms with Crippen LogP contribution in [0.15, 0.2) is 27.6 Å². The Balaban J connectivity index is 2.62. The molecular weight excluding hydrogens is 358 g/mol. The Labute approximate surface area is 153 Å². The molecule has 0 aliphatic rings. The quantitative estimate of drug-likeness (QED) is 0.824. The molecule has 0 atom stereocenters. The highest BCUT2D eigenvalue weighted by Crippen LogP contribution is 2.36. The zero-order chi connectivity index (χ0) is 19.7. The van der Waals surface area contributed by atoms with E-state index in [1.54, 1.807) is 39.8 Å². The third kappa shape index (κ3) is 4.41. The Bertz CT molecular complexity index is 926. The second-order valence-corrected chi connectivity index (χ2v) is 8.53. The lowest BCUT2D eigenvalue weighted by atomic mass is 10.1. The molecule has 1 aromatic carbocycles. The average molecular weight is 381 g/mol. The maximum Gasteiger partial charge on any atom is 0.244 e. The van der Waals surface area contributed by atoms with Gasteiger partial charge in [0.15, 0.2) is 0 Å². The number of rotatable bonds is 5. The summed E-state index contributed by atoms with van der Waals surface area (Å²) in [5.41, 5.74) is 0.901. The number of methoxy groups -OCH3 is 1. The van der Waals surface area contributed by atoms with E-state index in [-0.39, 0.29) is 22.4 Å². The fourth-order valence-electron chi connectivity index (χ4n) is 2.46. The highest BCUT2D eigenvalue weighted by molar-refractivity contribution is 7.89. The van der Waals surface area contributed by atoms with Gasteiger partial charge in [-0.1, -0.05) is 11.2 Å². The molecule has 2 rings (SSSR count). The van der Waals surface area contributed by atoms with Crippen molar-refractivity contribution in [3.8, 4) is 16.9 Å². The first kappa shape index (κ1) is 19.9. The Morgan fingerprint density at radius 3 is 2.46 bits per heavy atom. The van der Waals surface area contributed by atoms with E-state index in [1.165, 1.54) is 20.1 Å². The molecule has 9 heteroatoms. The van der Waals surface area contributed by atoms with E-state index in [2.05, 4.69) is 15.2 Å². The summed E-state index contributed by atoms with van der Waals surface area (Å²) in [6.45, 7) is 8.30. The highest BCUT2D eigenvalue weighted by atomic mass is 32.2. The van der Waals surface area contributed by atoms with Gasteiger partial charge < -0.3 is 9.26 Å². The molecule has 8 nitrogen and oxygen atoms in total. The summed E-state index contributed by atoms with van der Waals surface area (Å²) in [4.78, 5) is 11.4. The summed E-state index contributed by atoms with van der Waals surface area (Å²) >= 11 is 0. The minimum atomic E-state index is -3.84. The molecule has 0 radical (unpaired) electrons. The smallest absolute Gasteiger partial charge is 0.244 e. The SMILES string of the molecule is COc1ccc(-c2c(C)noc2NC(C)=O)cc1S(=O)(=O)NC(C)(C)C. The third-order valence-electron chi connectivity index (χ3n) is 3.33. The van der Waals surface area contributed by atoms with Crippen molar-refractivity contribution in [2.24, 2.45) is 0 Å². The van der Waals surface area contributed by atoms with Crippen LogP contribution >= 0.6 is 0 Å². The number of hydrogen-bond acceptors (Lipinski definition) is 6. The van der Waals surface area contributed by atoms with Gasteiger partial charge in [-0.3, -0.25) is 10.1 Å². The van der Waals surface area contributed by atoms with Crippen LogP contribution in [0.2, 0.25) is 0 Å². The Morgan fingerprint density at radius 1 is 1.27 bits per heavy atom. The van der Waals surface area contributed by atoms with E-state index in [1.807, 2.05) is 0 Å². The first-order valence-electron chi connectivity index (χ1n) is 7.91. The molecule has 2 N–H and O–H groups in total. The standard InChI is InChI=1S/C17H23N3O5S/c1-10-15(16(25-19-10)18-11(2)21)12-7-8-13(24-6)14(9-12)26(22,23)20-17(3,4)5/h7-9,20H,1-6H3,(H,18,21). The summed E-state index contributed by atoms with van der Waals surface area (Å²) in [6, 6.07) is 4.70. The van der Waals surface area contributed by atoms with Crippen molar-refractivity contribution < 1.29 is 22.5 Å². The van der Waals surface area contributed by atoms with E-state index in [0.29, 0.717) is 16.8 Å². The fraction of sp³-hybridized carbons (Fsp3) is 0.412. The van der Waals surface area contributed by atoms with E-state index in [9.17, 15) is 13.2 Å². The molecule has 142 valence electrons. The number of nitrogens with one attached hydrogen (secondary N) is 2. The van der Waals surface area contributed by atoms with Gasteiger partial charge in [-0.15, -0.1) is 0 Å². The maximum atomic E-state index is 12.8. The molecule has 0 saturated heterocycles. The van der Waals surface area contributed by atoms with Crippen molar-refractivity contribution in [3.63, 3.8) is 0 Å². The molecule has 0 aliphatic heterocycles. The Kier molecular flexibility index (Phi) is 5.43. The summed E-state index contributed by atoms with van der Waals surface area (Å²) in [5.74, 6) is 0.0473. The van der Waals surface area contributed by atoms with Gasteiger partial charge in [0.05, 0.1) is 18.4 Å². The number of sulfonamides is 1. The lowest BCUT2D eigenvalue weighted by Gasteiger charge is -2.21. The molecule has 26 heavy (non-hydrogen) atoms. The van der Waals surface area contributed by atoms with Crippen molar-refractivity contribution in [2.45, 2.75) is 45.1 Å². The molecule has 0 fully saturated rings. The Hall–Kier alpha value is -2.39. The monoisotopic (exact) mass is 381 g/mol. The van der Waals surface area contributed by atoms with Gasteiger partial charge >= 0.3 is 0 Å². The van der Waals surface area contributed by atoms with Gasteiger partial charge in [-0.05, 0) is 45.4 Å². The van der Waals surface area contributed by atoms with E-state index >= 15 is 0 Å². The minimum absolute atomic E-state index is 0.0122. The van der Waals surface area contributed by atoms with Gasteiger partial charge in [0, 0.05) is 12.5 Å². The molecule has 1 amide bonds. The molecule has 1 aromatic heterocycles. The highest BCUT2D eigenvalue weighted by Gasteiger charge is 2.27. The molecule has 0 aliphatic carbocycles. The lowest BCUT2D eigenvalue weighted by Crippen LogP contribution is -2.40. The summed E-state index contributed by atoms with van der Waals surface area (Å²) < 4.78 is 38.6. The molecule has 0 saturated carbocycles. The molecule has 0 unspecified atom stereocenters. The van der Waals surface area contributed by atoms with Gasteiger partial charge in [-0.25, -0.2) is 13.1 Å². The number of carbonyl (C=O) groups is 1. The molecular formula is C17H23N3O5S. The van der Waals surface area contributed by atoms with Crippen LogP contribution in [0.25, 0.3) is 11.1 Å². The predicted octanol–water partition coefficient (Wildman–Crippen LogP) is 2.69. The largest absolute Gasteiger partial charge is 0.495 e. The normalized spacial score (nSPS) is 12.1. The third-order valence-corrected chi connectivity index (χ3v) is 5.11. The molecule has 1 heterocycles. The molecule has 0 bridgehead atoms. The predicted molar refractivity (Wildman–Crippen MR) is 97.6 cm³/mol. The first-order chi connectivity index (χ1) is 11.9. The summed E-state index contributed by atoms with van der Waals surface area (Å²) in [5, 5.41) is 6.41. The van der Waals surface area contributed by atoms with Crippen molar-refractivity contribution in [1.82, 2.24) is 9.88 Å².